The van der Waals surface area contributed by atoms with Crippen LogP contribution in [0.2, 0.25) is 0 Å². The Morgan fingerprint density at radius 2 is 1.97 bits per heavy atom. The van der Waals surface area contributed by atoms with Crippen molar-refractivity contribution in [2.75, 3.05) is 56.7 Å². The maximum absolute atomic E-state index is 13.8. The molecule has 2 atom stereocenters. The molecule has 0 unspecified atom stereocenters. The molecule has 7 rings (SSSR count). The summed E-state index contributed by atoms with van der Waals surface area (Å²) in [6.45, 7) is 4.82. The topological polar surface area (TPSA) is 96.6 Å². The first kappa shape index (κ1) is 24.3. The highest BCUT2D eigenvalue weighted by molar-refractivity contribution is 6.00. The number of hydrogen-bond acceptors (Lipinski definition) is 8. The molecule has 1 spiro atoms. The molecule has 0 radical (unpaired) electrons. The zero-order valence-corrected chi connectivity index (χ0v) is 21.5. The Balaban J connectivity index is 1.23. The number of oxazole rings is 1. The van der Waals surface area contributed by atoms with Crippen molar-refractivity contribution in [2.45, 2.75) is 19.3 Å². The van der Waals surface area contributed by atoms with Gasteiger partial charge in [-0.1, -0.05) is 0 Å². The minimum atomic E-state index is -2.78. The van der Waals surface area contributed by atoms with Crippen molar-refractivity contribution in [1.29, 1.82) is 0 Å². The Morgan fingerprint density at radius 3 is 2.74 bits per heavy atom. The van der Waals surface area contributed by atoms with Gasteiger partial charge in [0.2, 0.25) is 11.8 Å². The first-order valence-electron chi connectivity index (χ1n) is 13.2. The number of morpholine rings is 1. The summed E-state index contributed by atoms with van der Waals surface area (Å²) in [6.07, 6.45) is 1.78. The number of carbonyl (C=O) groups is 1. The second kappa shape index (κ2) is 9.20. The fraction of sp³-hybridized carbons (Fsp3) is 0.429. The number of nitrogens with zero attached hydrogens (tertiary/aromatic N) is 5. The van der Waals surface area contributed by atoms with Gasteiger partial charge in [-0.25, -0.2) is 18.7 Å². The van der Waals surface area contributed by atoms with Gasteiger partial charge in [0.25, 0.3) is 6.43 Å². The second-order valence-electron chi connectivity index (χ2n) is 10.8. The molecular weight excluding hydrogens is 506 g/mol. The quantitative estimate of drug-likeness (QED) is 0.400. The molecule has 39 heavy (non-hydrogen) atoms. The van der Waals surface area contributed by atoms with Crippen molar-refractivity contribution in [3.63, 3.8) is 0 Å². The van der Waals surface area contributed by atoms with Crippen LogP contribution in [0.5, 0.6) is 0 Å². The van der Waals surface area contributed by atoms with E-state index in [0.29, 0.717) is 41.1 Å². The van der Waals surface area contributed by atoms with Crippen LogP contribution in [0.15, 0.2) is 41.1 Å². The number of ether oxygens (including phenoxy) is 1. The smallest absolute Gasteiger partial charge is 0.281 e. The van der Waals surface area contributed by atoms with Crippen molar-refractivity contribution in [3.05, 3.63) is 42.4 Å². The Labute approximate surface area is 223 Å². The molecule has 9 nitrogen and oxygen atoms in total. The van der Waals surface area contributed by atoms with Crippen molar-refractivity contribution >= 4 is 39.3 Å². The molecular formula is C28H28F2N6O3. The number of halogens is 2. The van der Waals surface area contributed by atoms with Gasteiger partial charge in [-0.3, -0.25) is 9.78 Å². The van der Waals surface area contributed by atoms with E-state index in [2.05, 4.69) is 37.1 Å². The monoisotopic (exact) mass is 534 g/mol. The van der Waals surface area contributed by atoms with E-state index < -0.39 is 6.43 Å². The van der Waals surface area contributed by atoms with Gasteiger partial charge in [0.05, 0.1) is 18.8 Å². The summed E-state index contributed by atoms with van der Waals surface area (Å²) in [5, 5.41) is 3.55. The third-order valence-electron chi connectivity index (χ3n) is 8.32. The van der Waals surface area contributed by atoms with E-state index in [-0.39, 0.29) is 34.2 Å². The van der Waals surface area contributed by atoms with E-state index >= 15 is 0 Å². The summed E-state index contributed by atoms with van der Waals surface area (Å²) in [7, 11) is 2.07. The lowest BCUT2D eigenvalue weighted by Gasteiger charge is -2.28. The van der Waals surface area contributed by atoms with Crippen LogP contribution < -0.4 is 10.2 Å². The Morgan fingerprint density at radius 1 is 1.13 bits per heavy atom. The lowest BCUT2D eigenvalue weighted by molar-refractivity contribution is -0.118. The standard InChI is InChI=1S/C28H28F2N6O3/c1-35-5-4-28(15-35)12-20(28)26(37)34-23-11-17-18(13-31-23)24(25(29)30)32-14-19(17)27-33-21-10-16(2-3-22(21)39-27)36-6-8-38-9-7-36/h2-3,10-11,13-14,20,25H,4-9,12,15H2,1H3,(H,31,34,37)/t20-,28+/m1/s1. The maximum Gasteiger partial charge on any atom is 0.281 e. The van der Waals surface area contributed by atoms with E-state index in [1.165, 1.54) is 12.4 Å². The molecule has 4 aromatic rings. The zero-order chi connectivity index (χ0) is 26.7. The summed E-state index contributed by atoms with van der Waals surface area (Å²) in [6, 6.07) is 7.40. The van der Waals surface area contributed by atoms with E-state index in [9.17, 15) is 13.6 Å². The molecule has 1 amide bonds. The first-order chi connectivity index (χ1) is 18.9. The number of benzene rings is 1. The third kappa shape index (κ3) is 4.29. The average molecular weight is 535 g/mol. The van der Waals surface area contributed by atoms with E-state index in [1.54, 1.807) is 6.07 Å². The van der Waals surface area contributed by atoms with Crippen LogP contribution >= 0.6 is 0 Å². The maximum atomic E-state index is 13.8. The molecule has 2 saturated heterocycles. The van der Waals surface area contributed by atoms with E-state index in [0.717, 1.165) is 44.7 Å². The summed E-state index contributed by atoms with van der Waals surface area (Å²) in [5.74, 6) is 0.422. The summed E-state index contributed by atoms with van der Waals surface area (Å²) in [5.41, 5.74) is 2.38. The molecule has 2 aliphatic heterocycles. The second-order valence-corrected chi connectivity index (χ2v) is 10.8. The van der Waals surface area contributed by atoms with Gasteiger partial charge in [0.1, 0.15) is 17.0 Å². The Hall–Kier alpha value is -3.70. The third-order valence-corrected chi connectivity index (χ3v) is 8.32. The molecule has 3 aliphatic rings. The molecule has 1 saturated carbocycles. The fourth-order valence-corrected chi connectivity index (χ4v) is 6.11. The van der Waals surface area contributed by atoms with Gasteiger partial charge < -0.3 is 24.3 Å². The number of likely N-dealkylation sites (tertiary alicyclic amines) is 1. The van der Waals surface area contributed by atoms with E-state index in [4.69, 9.17) is 9.15 Å². The number of anilines is 2. The van der Waals surface area contributed by atoms with Gasteiger partial charge in [-0.2, -0.15) is 0 Å². The zero-order valence-electron chi connectivity index (χ0n) is 21.5. The van der Waals surface area contributed by atoms with Crippen LogP contribution in [0.25, 0.3) is 33.3 Å². The number of rotatable bonds is 5. The fourth-order valence-electron chi connectivity index (χ4n) is 6.11. The number of carbonyl (C=O) groups excluding carboxylic acids is 1. The number of amides is 1. The summed E-state index contributed by atoms with van der Waals surface area (Å²) >= 11 is 0. The average Bonchev–Trinajstić information content (AvgIpc) is 3.27. The summed E-state index contributed by atoms with van der Waals surface area (Å²) in [4.78, 5) is 30.5. The van der Waals surface area contributed by atoms with E-state index in [1.807, 2.05) is 18.2 Å². The Kier molecular flexibility index (Phi) is 5.74. The molecule has 1 aromatic carbocycles. The number of nitrogens with one attached hydrogen (secondary N) is 1. The van der Waals surface area contributed by atoms with Gasteiger partial charge in [0.15, 0.2) is 5.58 Å². The summed E-state index contributed by atoms with van der Waals surface area (Å²) < 4.78 is 39.2. The van der Waals surface area contributed by atoms with Crippen LogP contribution in [-0.2, 0) is 9.53 Å². The van der Waals surface area contributed by atoms with Crippen LogP contribution in [-0.4, -0.2) is 72.2 Å². The number of fused-ring (bicyclic) bond motifs is 2. The van der Waals surface area contributed by atoms with Gasteiger partial charge >= 0.3 is 0 Å². The van der Waals surface area contributed by atoms with Crippen LogP contribution in [0.4, 0.5) is 20.3 Å². The molecule has 5 heterocycles. The van der Waals surface area contributed by atoms with Crippen LogP contribution in [0.3, 0.4) is 0 Å². The number of hydrogen-bond donors (Lipinski definition) is 1. The molecule has 3 aromatic heterocycles. The minimum absolute atomic E-state index is 0.0475. The number of pyridine rings is 2. The van der Waals surface area contributed by atoms with Gasteiger partial charge in [-0.15, -0.1) is 0 Å². The van der Waals surface area contributed by atoms with Crippen molar-refractivity contribution in [2.24, 2.45) is 11.3 Å². The highest BCUT2D eigenvalue weighted by Crippen LogP contribution is 2.58. The molecule has 1 aliphatic carbocycles. The van der Waals surface area contributed by atoms with Gasteiger partial charge in [0, 0.05) is 54.4 Å². The number of alkyl halides is 2. The molecule has 0 bridgehead atoms. The van der Waals surface area contributed by atoms with Crippen molar-refractivity contribution in [1.82, 2.24) is 19.9 Å². The minimum Gasteiger partial charge on any atom is -0.436 e. The largest absolute Gasteiger partial charge is 0.436 e. The van der Waals surface area contributed by atoms with Crippen LogP contribution in [0, 0.1) is 11.3 Å². The lowest BCUT2D eigenvalue weighted by atomic mass is 10.0. The predicted molar refractivity (Wildman–Crippen MR) is 142 cm³/mol. The van der Waals surface area contributed by atoms with Crippen molar-refractivity contribution in [3.8, 4) is 11.5 Å². The highest BCUT2D eigenvalue weighted by atomic mass is 19.3. The predicted octanol–water partition coefficient (Wildman–Crippen LogP) is 4.49. The molecule has 202 valence electrons. The molecule has 1 N–H and O–H groups in total. The Bertz CT molecular complexity index is 1590. The number of aromatic nitrogens is 3. The molecule has 3 fully saturated rings. The van der Waals surface area contributed by atoms with Crippen LogP contribution in [0.1, 0.15) is 25.0 Å². The normalized spacial score (nSPS) is 23.4. The van der Waals surface area contributed by atoms with Gasteiger partial charge in [-0.05, 0) is 56.1 Å². The van der Waals surface area contributed by atoms with Crippen molar-refractivity contribution < 1.29 is 22.7 Å². The highest BCUT2D eigenvalue weighted by Gasteiger charge is 2.60. The molecule has 11 heteroatoms. The first-order valence-corrected chi connectivity index (χ1v) is 13.2. The lowest BCUT2D eigenvalue weighted by Crippen LogP contribution is -2.36. The SMILES string of the molecule is CN1CC[C@]2(C[C@@H]2C(=O)Nc2cc3c(-c4nc5cc(N6CCOCC6)ccc5o4)cnc(C(F)F)c3cn2)C1.